The maximum Gasteiger partial charge on any atom is 0.311 e. The van der Waals surface area contributed by atoms with Crippen molar-refractivity contribution in [1.82, 2.24) is 0 Å². The number of nitro benzene ring substituents is 1. The molecule has 0 saturated heterocycles. The lowest BCUT2D eigenvalue weighted by molar-refractivity contribution is -0.386. The van der Waals surface area contributed by atoms with E-state index >= 15 is 0 Å². The summed E-state index contributed by atoms with van der Waals surface area (Å²) in [6.45, 7) is 2.15. The highest BCUT2D eigenvalue weighted by atomic mass is 35.5. The molecular formula is C12H12ClNO5. The normalized spacial score (nSPS) is 21.9. The van der Waals surface area contributed by atoms with Gasteiger partial charge in [0, 0.05) is 30.2 Å². The third-order valence-electron chi connectivity index (χ3n) is 2.80. The SMILES string of the molecule is CCOC1C(=O)CC1Oc1cc(Cl)ccc1[N+](=O)[O-]. The molecule has 2 unspecified atom stereocenters. The third kappa shape index (κ3) is 2.85. The minimum atomic E-state index is -0.649. The monoisotopic (exact) mass is 285 g/mol. The molecule has 0 heterocycles. The number of Topliss-reactive ketones (excluding diaryl/α,β-unsaturated/α-hetero) is 1. The van der Waals surface area contributed by atoms with E-state index in [-0.39, 0.29) is 23.6 Å². The molecule has 0 aromatic heterocycles. The van der Waals surface area contributed by atoms with Crippen molar-refractivity contribution in [3.8, 4) is 5.75 Å². The number of benzene rings is 1. The zero-order valence-corrected chi connectivity index (χ0v) is 10.9. The molecule has 1 saturated carbocycles. The number of rotatable bonds is 5. The smallest absolute Gasteiger partial charge is 0.311 e. The number of carbonyl (C=O) groups is 1. The molecule has 0 spiro atoms. The lowest BCUT2D eigenvalue weighted by atomic mass is 9.90. The van der Waals surface area contributed by atoms with Crippen molar-refractivity contribution in [1.29, 1.82) is 0 Å². The fourth-order valence-corrected chi connectivity index (χ4v) is 2.01. The molecule has 2 rings (SSSR count). The standard InChI is InChI=1S/C12H12ClNO5/c1-2-18-12-9(15)6-11(12)19-10-5-7(13)3-4-8(10)14(16)17/h3-5,11-12H,2,6H2,1H3. The van der Waals surface area contributed by atoms with Gasteiger partial charge >= 0.3 is 5.69 Å². The van der Waals surface area contributed by atoms with Crippen LogP contribution in [0.3, 0.4) is 0 Å². The Hall–Kier alpha value is -1.66. The first-order valence-corrected chi connectivity index (χ1v) is 6.15. The summed E-state index contributed by atoms with van der Waals surface area (Å²) in [6, 6.07) is 4.05. The first-order valence-electron chi connectivity index (χ1n) is 5.78. The summed E-state index contributed by atoms with van der Waals surface area (Å²) in [5.74, 6) is -0.00349. The summed E-state index contributed by atoms with van der Waals surface area (Å²) in [4.78, 5) is 21.7. The molecule has 1 aromatic carbocycles. The summed E-state index contributed by atoms with van der Waals surface area (Å²) in [5, 5.41) is 11.2. The van der Waals surface area contributed by atoms with Crippen LogP contribution in [0.1, 0.15) is 13.3 Å². The van der Waals surface area contributed by atoms with Crippen molar-refractivity contribution >= 4 is 23.1 Å². The highest BCUT2D eigenvalue weighted by Gasteiger charge is 2.43. The fraction of sp³-hybridized carbons (Fsp3) is 0.417. The number of ether oxygens (including phenoxy) is 2. The Labute approximate surface area is 114 Å². The Balaban J connectivity index is 2.17. The molecule has 102 valence electrons. The van der Waals surface area contributed by atoms with Crippen molar-refractivity contribution in [2.24, 2.45) is 0 Å². The van der Waals surface area contributed by atoms with Gasteiger partial charge in [-0.2, -0.15) is 0 Å². The van der Waals surface area contributed by atoms with E-state index < -0.39 is 17.1 Å². The molecule has 0 N–H and O–H groups in total. The van der Waals surface area contributed by atoms with E-state index in [0.717, 1.165) is 0 Å². The molecular weight excluding hydrogens is 274 g/mol. The van der Waals surface area contributed by atoms with E-state index in [1.807, 2.05) is 0 Å². The largest absolute Gasteiger partial charge is 0.480 e. The minimum Gasteiger partial charge on any atom is -0.480 e. The van der Waals surface area contributed by atoms with Crippen LogP contribution in [0.15, 0.2) is 18.2 Å². The molecule has 1 fully saturated rings. The van der Waals surface area contributed by atoms with Gasteiger partial charge in [-0.25, -0.2) is 0 Å². The quantitative estimate of drug-likeness (QED) is 0.613. The molecule has 7 heteroatoms. The summed E-state index contributed by atoms with van der Waals surface area (Å²) in [6.07, 6.45) is -0.956. The molecule has 0 amide bonds. The van der Waals surface area contributed by atoms with Crippen molar-refractivity contribution in [2.45, 2.75) is 25.6 Å². The van der Waals surface area contributed by atoms with Crippen molar-refractivity contribution in [3.63, 3.8) is 0 Å². The molecule has 6 nitrogen and oxygen atoms in total. The van der Waals surface area contributed by atoms with E-state index in [0.29, 0.717) is 11.6 Å². The molecule has 1 aliphatic rings. The zero-order chi connectivity index (χ0) is 14.0. The maximum absolute atomic E-state index is 11.3. The van der Waals surface area contributed by atoms with Crippen LogP contribution in [-0.2, 0) is 9.53 Å². The number of ketones is 1. The second-order valence-corrected chi connectivity index (χ2v) is 4.51. The van der Waals surface area contributed by atoms with Gasteiger partial charge in [0.05, 0.1) is 4.92 Å². The number of hydrogen-bond acceptors (Lipinski definition) is 5. The van der Waals surface area contributed by atoms with E-state index in [1.165, 1.54) is 18.2 Å². The van der Waals surface area contributed by atoms with Gasteiger partial charge in [-0.1, -0.05) is 11.6 Å². The summed E-state index contributed by atoms with van der Waals surface area (Å²) in [7, 11) is 0. The van der Waals surface area contributed by atoms with E-state index in [1.54, 1.807) is 6.92 Å². The van der Waals surface area contributed by atoms with E-state index in [2.05, 4.69) is 0 Å². The van der Waals surface area contributed by atoms with Crippen LogP contribution in [0.25, 0.3) is 0 Å². The number of nitrogens with zero attached hydrogens (tertiary/aromatic N) is 1. The first-order chi connectivity index (χ1) is 9.02. The van der Waals surface area contributed by atoms with Gasteiger partial charge in [0.15, 0.2) is 17.6 Å². The van der Waals surface area contributed by atoms with Crippen molar-refractivity contribution < 1.29 is 19.2 Å². The van der Waals surface area contributed by atoms with Gasteiger partial charge in [0.25, 0.3) is 0 Å². The number of halogens is 1. The van der Waals surface area contributed by atoms with Crippen LogP contribution < -0.4 is 4.74 Å². The van der Waals surface area contributed by atoms with Gasteiger partial charge in [0.1, 0.15) is 6.10 Å². The summed E-state index contributed by atoms with van der Waals surface area (Å²) >= 11 is 5.79. The molecule has 19 heavy (non-hydrogen) atoms. The average Bonchev–Trinajstić information content (AvgIpc) is 2.35. The minimum absolute atomic E-state index is 0.0553. The molecule has 0 aliphatic heterocycles. The highest BCUT2D eigenvalue weighted by molar-refractivity contribution is 6.30. The Morgan fingerprint density at radius 3 is 2.84 bits per heavy atom. The van der Waals surface area contributed by atoms with E-state index in [9.17, 15) is 14.9 Å². The molecule has 1 aromatic rings. The average molecular weight is 286 g/mol. The lowest BCUT2D eigenvalue weighted by Gasteiger charge is -2.34. The zero-order valence-electron chi connectivity index (χ0n) is 10.2. The van der Waals surface area contributed by atoms with Crippen LogP contribution in [0.5, 0.6) is 5.75 Å². The van der Waals surface area contributed by atoms with Gasteiger partial charge in [-0.3, -0.25) is 14.9 Å². The van der Waals surface area contributed by atoms with Crippen LogP contribution in [0, 0.1) is 10.1 Å². The van der Waals surface area contributed by atoms with Gasteiger partial charge in [-0.05, 0) is 13.0 Å². The fourth-order valence-electron chi connectivity index (χ4n) is 1.85. The van der Waals surface area contributed by atoms with Gasteiger partial charge in [-0.15, -0.1) is 0 Å². The summed E-state index contributed by atoms with van der Waals surface area (Å²) in [5.41, 5.74) is -0.181. The molecule has 0 radical (unpaired) electrons. The molecule has 0 bridgehead atoms. The predicted molar refractivity (Wildman–Crippen MR) is 67.6 cm³/mol. The maximum atomic E-state index is 11.3. The lowest BCUT2D eigenvalue weighted by Crippen LogP contribution is -2.52. The Bertz CT molecular complexity index is 519. The number of nitro groups is 1. The van der Waals surface area contributed by atoms with Crippen molar-refractivity contribution in [2.75, 3.05) is 6.61 Å². The highest BCUT2D eigenvalue weighted by Crippen LogP contribution is 2.34. The van der Waals surface area contributed by atoms with E-state index in [4.69, 9.17) is 21.1 Å². The van der Waals surface area contributed by atoms with Gasteiger partial charge < -0.3 is 9.47 Å². The summed E-state index contributed by atoms with van der Waals surface area (Å²) < 4.78 is 10.7. The number of hydrogen-bond donors (Lipinski definition) is 0. The Morgan fingerprint density at radius 2 is 2.26 bits per heavy atom. The second-order valence-electron chi connectivity index (χ2n) is 4.07. The third-order valence-corrected chi connectivity index (χ3v) is 3.04. The first kappa shape index (κ1) is 13.8. The van der Waals surface area contributed by atoms with Gasteiger partial charge in [0.2, 0.25) is 0 Å². The topological polar surface area (TPSA) is 78.7 Å². The molecule has 1 aliphatic carbocycles. The Kier molecular flexibility index (Phi) is 4.01. The Morgan fingerprint density at radius 1 is 1.53 bits per heavy atom. The predicted octanol–water partition coefficient (Wildman–Crippen LogP) is 2.37. The van der Waals surface area contributed by atoms with Crippen molar-refractivity contribution in [3.05, 3.63) is 33.3 Å². The molecule has 2 atom stereocenters. The van der Waals surface area contributed by atoms with Crippen LogP contribution in [0.4, 0.5) is 5.69 Å². The van der Waals surface area contributed by atoms with Crippen LogP contribution in [0.2, 0.25) is 5.02 Å². The second kappa shape index (κ2) is 5.54. The van der Waals surface area contributed by atoms with Crippen LogP contribution >= 0.6 is 11.6 Å². The number of carbonyl (C=O) groups excluding carboxylic acids is 1. The van der Waals surface area contributed by atoms with Crippen LogP contribution in [-0.4, -0.2) is 29.5 Å².